The highest BCUT2D eigenvalue weighted by Gasteiger charge is 2.25. The third kappa shape index (κ3) is 5.20. The third-order valence-corrected chi connectivity index (χ3v) is 4.66. The molecule has 0 radical (unpaired) electrons. The number of carbonyl (C=O) groups excluding carboxylic acids is 2. The molecule has 0 bridgehead atoms. The summed E-state index contributed by atoms with van der Waals surface area (Å²) in [5.74, 6) is -0.539. The lowest BCUT2D eigenvalue weighted by molar-refractivity contribution is -0.136. The van der Waals surface area contributed by atoms with E-state index in [1.54, 1.807) is 48.5 Å². The number of amides is 1. The molecule has 7 nitrogen and oxygen atoms in total. The van der Waals surface area contributed by atoms with Gasteiger partial charge in [0.25, 0.3) is 0 Å². The number of benzene rings is 3. The second kappa shape index (κ2) is 9.61. The van der Waals surface area contributed by atoms with Crippen molar-refractivity contribution in [1.82, 2.24) is 5.32 Å². The highest BCUT2D eigenvalue weighted by atomic mass is 16.6. The van der Waals surface area contributed by atoms with Crippen LogP contribution in [0.25, 0.3) is 11.0 Å². The Hall–Kier alpha value is -4.39. The maximum absolute atomic E-state index is 12.9. The summed E-state index contributed by atoms with van der Waals surface area (Å²) in [6.45, 7) is 0.0624. The Labute approximate surface area is 183 Å². The Morgan fingerprint density at radius 1 is 0.875 bits per heavy atom. The molecule has 0 saturated heterocycles. The highest BCUT2D eigenvalue weighted by molar-refractivity contribution is 5.85. The minimum Gasteiger partial charge on any atom is -0.445 e. The van der Waals surface area contributed by atoms with Gasteiger partial charge in [0.15, 0.2) is 6.04 Å². The lowest BCUT2D eigenvalue weighted by Crippen LogP contribution is -2.36. The van der Waals surface area contributed by atoms with Crippen molar-refractivity contribution in [3.8, 4) is 5.75 Å². The first-order valence-electron chi connectivity index (χ1n) is 9.86. The smallest absolute Gasteiger partial charge is 0.408 e. The van der Waals surface area contributed by atoms with Crippen LogP contribution < -0.4 is 15.7 Å². The molecule has 32 heavy (non-hydrogen) atoms. The van der Waals surface area contributed by atoms with Crippen molar-refractivity contribution in [2.75, 3.05) is 0 Å². The number of fused-ring (bicyclic) bond motifs is 1. The van der Waals surface area contributed by atoms with Crippen molar-refractivity contribution >= 4 is 23.0 Å². The number of esters is 1. The van der Waals surface area contributed by atoms with Gasteiger partial charge in [0, 0.05) is 17.5 Å². The summed E-state index contributed by atoms with van der Waals surface area (Å²) in [6, 6.07) is 24.4. The normalized spacial score (nSPS) is 11.5. The van der Waals surface area contributed by atoms with E-state index in [0.29, 0.717) is 10.9 Å². The summed E-state index contributed by atoms with van der Waals surface area (Å²) < 4.78 is 15.8. The molecule has 4 rings (SSSR count). The van der Waals surface area contributed by atoms with Crippen molar-refractivity contribution < 1.29 is 23.5 Å². The first-order valence-corrected chi connectivity index (χ1v) is 9.86. The molecule has 7 heteroatoms. The van der Waals surface area contributed by atoms with E-state index in [4.69, 9.17) is 13.9 Å². The monoisotopic (exact) mass is 429 g/mol. The summed E-state index contributed by atoms with van der Waals surface area (Å²) in [5, 5.41) is 3.25. The highest BCUT2D eigenvalue weighted by Crippen LogP contribution is 2.22. The first-order chi connectivity index (χ1) is 15.6. The van der Waals surface area contributed by atoms with Gasteiger partial charge in [-0.05, 0) is 29.3 Å². The van der Waals surface area contributed by atoms with Crippen LogP contribution in [0.15, 0.2) is 100 Å². The summed E-state index contributed by atoms with van der Waals surface area (Å²) >= 11 is 0. The number of carbonyl (C=O) groups is 2. The van der Waals surface area contributed by atoms with Crippen LogP contribution in [0.5, 0.6) is 5.75 Å². The van der Waals surface area contributed by atoms with Crippen LogP contribution in [0.3, 0.4) is 0 Å². The fourth-order valence-electron chi connectivity index (χ4n) is 3.09. The molecule has 1 amide bonds. The predicted molar refractivity (Wildman–Crippen MR) is 117 cm³/mol. The van der Waals surface area contributed by atoms with E-state index in [1.807, 2.05) is 30.3 Å². The lowest BCUT2D eigenvalue weighted by Gasteiger charge is -2.18. The average Bonchev–Trinajstić information content (AvgIpc) is 2.82. The molecule has 1 unspecified atom stereocenters. The fourth-order valence-corrected chi connectivity index (χ4v) is 3.09. The van der Waals surface area contributed by atoms with Crippen molar-refractivity contribution in [3.63, 3.8) is 0 Å². The van der Waals surface area contributed by atoms with Gasteiger partial charge in [-0.15, -0.1) is 0 Å². The standard InChI is InChI=1S/C25H19NO6/c27-22-14-12-18-11-13-20(15-21(18)32-22)31-24(28)23(19-9-5-2-6-10-19)26-25(29)30-16-17-7-3-1-4-8-17/h1-15,23H,16H2,(H,26,29). The summed E-state index contributed by atoms with van der Waals surface area (Å²) in [6.07, 6.45) is -0.760. The van der Waals surface area contributed by atoms with Crippen molar-refractivity contribution in [3.05, 3.63) is 113 Å². The molecule has 1 heterocycles. The lowest BCUT2D eigenvalue weighted by atomic mass is 10.1. The largest absolute Gasteiger partial charge is 0.445 e. The maximum Gasteiger partial charge on any atom is 0.408 e. The second-order valence-corrected chi connectivity index (χ2v) is 6.92. The minimum atomic E-state index is -1.10. The molecule has 4 aromatic rings. The molecule has 1 N–H and O–H groups in total. The zero-order valence-electron chi connectivity index (χ0n) is 16.9. The predicted octanol–water partition coefficient (Wildman–Crippen LogP) is 4.37. The van der Waals surface area contributed by atoms with Crippen LogP contribution >= 0.6 is 0 Å². The average molecular weight is 429 g/mol. The van der Waals surface area contributed by atoms with Gasteiger partial charge < -0.3 is 19.2 Å². The second-order valence-electron chi connectivity index (χ2n) is 6.92. The van der Waals surface area contributed by atoms with Crippen LogP contribution in [-0.4, -0.2) is 12.1 Å². The zero-order valence-corrected chi connectivity index (χ0v) is 16.9. The van der Waals surface area contributed by atoms with Crippen molar-refractivity contribution in [2.45, 2.75) is 12.6 Å². The van der Waals surface area contributed by atoms with E-state index in [0.717, 1.165) is 5.56 Å². The summed E-state index contributed by atoms with van der Waals surface area (Å²) in [4.78, 5) is 36.8. The van der Waals surface area contributed by atoms with Gasteiger partial charge in [-0.25, -0.2) is 14.4 Å². The molecule has 160 valence electrons. The van der Waals surface area contributed by atoms with Crippen LogP contribution in [0.2, 0.25) is 0 Å². The Morgan fingerprint density at radius 2 is 1.56 bits per heavy atom. The van der Waals surface area contributed by atoms with Crippen LogP contribution in [0, 0.1) is 0 Å². The topological polar surface area (TPSA) is 94.8 Å². The van der Waals surface area contributed by atoms with Gasteiger partial charge in [-0.2, -0.15) is 0 Å². The van der Waals surface area contributed by atoms with E-state index in [2.05, 4.69) is 5.32 Å². The fraction of sp³-hybridized carbons (Fsp3) is 0.0800. The molecule has 3 aromatic carbocycles. The van der Waals surface area contributed by atoms with Crippen molar-refractivity contribution in [2.24, 2.45) is 0 Å². The van der Waals surface area contributed by atoms with Crippen molar-refractivity contribution in [1.29, 1.82) is 0 Å². The van der Waals surface area contributed by atoms with Gasteiger partial charge >= 0.3 is 17.7 Å². The van der Waals surface area contributed by atoms with Crippen LogP contribution in [0.1, 0.15) is 17.2 Å². The number of rotatable bonds is 6. The molecule has 0 aliphatic rings. The Kier molecular flexibility index (Phi) is 6.27. The van der Waals surface area contributed by atoms with Gasteiger partial charge in [0.05, 0.1) is 0 Å². The number of ether oxygens (including phenoxy) is 2. The molecule has 0 spiro atoms. The Balaban J connectivity index is 1.50. The quantitative estimate of drug-likeness (QED) is 0.278. The van der Waals surface area contributed by atoms with E-state index in [1.165, 1.54) is 12.1 Å². The van der Waals surface area contributed by atoms with E-state index < -0.39 is 23.7 Å². The third-order valence-electron chi connectivity index (χ3n) is 4.66. The van der Waals surface area contributed by atoms with E-state index in [9.17, 15) is 14.4 Å². The van der Waals surface area contributed by atoms with Gasteiger partial charge in [0.1, 0.15) is 17.9 Å². The molecule has 0 aliphatic heterocycles. The number of alkyl carbamates (subject to hydrolysis) is 1. The maximum atomic E-state index is 12.9. The summed E-state index contributed by atoms with van der Waals surface area (Å²) in [5.41, 5.74) is 1.13. The molecule has 0 fully saturated rings. The van der Waals surface area contributed by atoms with Crippen LogP contribution in [-0.2, 0) is 16.1 Å². The molecular formula is C25H19NO6. The summed E-state index contributed by atoms with van der Waals surface area (Å²) in [7, 11) is 0. The Bertz CT molecular complexity index is 1280. The molecule has 0 aliphatic carbocycles. The van der Waals surface area contributed by atoms with E-state index >= 15 is 0 Å². The van der Waals surface area contributed by atoms with Crippen LogP contribution in [0.4, 0.5) is 4.79 Å². The van der Waals surface area contributed by atoms with Gasteiger partial charge in [-0.1, -0.05) is 60.7 Å². The molecule has 1 aromatic heterocycles. The molecule has 1 atom stereocenters. The SMILES string of the molecule is O=C(NC(C(=O)Oc1ccc2ccc(=O)oc2c1)c1ccccc1)OCc1ccccc1. The first kappa shape index (κ1) is 20.9. The van der Waals surface area contributed by atoms with Gasteiger partial charge in [-0.3, -0.25) is 0 Å². The molecule has 0 saturated carbocycles. The van der Waals surface area contributed by atoms with E-state index in [-0.39, 0.29) is 17.9 Å². The minimum absolute atomic E-state index is 0.0624. The molecular weight excluding hydrogens is 410 g/mol. The number of hydrogen-bond acceptors (Lipinski definition) is 6. The number of nitrogens with one attached hydrogen (secondary N) is 1. The van der Waals surface area contributed by atoms with Gasteiger partial charge in [0.2, 0.25) is 0 Å². The number of hydrogen-bond donors (Lipinski definition) is 1. The Morgan fingerprint density at radius 3 is 2.31 bits per heavy atom. The zero-order chi connectivity index (χ0) is 22.3.